The van der Waals surface area contributed by atoms with E-state index >= 15 is 0 Å². The van der Waals surface area contributed by atoms with Crippen molar-refractivity contribution in [3.05, 3.63) is 63.1 Å². The zero-order valence-electron chi connectivity index (χ0n) is 17.7. The Labute approximate surface area is 198 Å². The predicted octanol–water partition coefficient (Wildman–Crippen LogP) is 5.75. The molecule has 2 aromatic rings. The highest BCUT2D eigenvalue weighted by atomic mass is 35.5. The van der Waals surface area contributed by atoms with Crippen molar-refractivity contribution >= 4 is 46.6 Å². The largest absolute Gasteiger partial charge is 0.484 e. The molecule has 0 spiro atoms. The topological polar surface area (TPSA) is 58.6 Å². The van der Waals surface area contributed by atoms with Crippen LogP contribution in [0.2, 0.25) is 15.1 Å². The summed E-state index contributed by atoms with van der Waals surface area (Å²) in [4.78, 5) is 27.5. The van der Waals surface area contributed by atoms with E-state index in [2.05, 4.69) is 12.2 Å². The average molecular weight is 486 g/mol. The van der Waals surface area contributed by atoms with Crippen molar-refractivity contribution in [1.29, 1.82) is 0 Å². The summed E-state index contributed by atoms with van der Waals surface area (Å²) in [6, 6.07) is 11.3. The number of carbonyl (C=O) groups is 2. The summed E-state index contributed by atoms with van der Waals surface area (Å²) in [7, 11) is 0. The van der Waals surface area contributed by atoms with Gasteiger partial charge in [-0.25, -0.2) is 0 Å². The number of hydrogen-bond acceptors (Lipinski definition) is 3. The number of benzene rings is 2. The summed E-state index contributed by atoms with van der Waals surface area (Å²) >= 11 is 18.1. The van der Waals surface area contributed by atoms with Gasteiger partial charge in [0.25, 0.3) is 5.91 Å². The Kier molecular flexibility index (Phi) is 10.4. The van der Waals surface area contributed by atoms with Crippen molar-refractivity contribution < 1.29 is 14.3 Å². The molecule has 2 aromatic carbocycles. The van der Waals surface area contributed by atoms with Crippen molar-refractivity contribution in [1.82, 2.24) is 10.2 Å². The van der Waals surface area contributed by atoms with E-state index in [9.17, 15) is 9.59 Å². The SMILES string of the molecule is CCCCNC(=O)[C@H](CC)N(Cc1ccc(Cl)c(Cl)c1)C(=O)COc1cccc(Cl)c1. The monoisotopic (exact) mass is 484 g/mol. The molecule has 31 heavy (non-hydrogen) atoms. The first-order valence-electron chi connectivity index (χ1n) is 10.2. The fraction of sp³-hybridized carbons (Fsp3) is 0.391. The van der Waals surface area contributed by atoms with E-state index in [-0.39, 0.29) is 25.0 Å². The van der Waals surface area contributed by atoms with E-state index in [1.54, 1.807) is 42.5 Å². The highest BCUT2D eigenvalue weighted by molar-refractivity contribution is 6.42. The van der Waals surface area contributed by atoms with Crippen LogP contribution in [0.4, 0.5) is 0 Å². The summed E-state index contributed by atoms with van der Waals surface area (Å²) < 4.78 is 5.63. The second-order valence-corrected chi connectivity index (χ2v) is 8.34. The molecule has 0 bridgehead atoms. The molecule has 0 unspecified atom stereocenters. The van der Waals surface area contributed by atoms with Crippen LogP contribution in [0.15, 0.2) is 42.5 Å². The maximum Gasteiger partial charge on any atom is 0.261 e. The highest BCUT2D eigenvalue weighted by Gasteiger charge is 2.29. The van der Waals surface area contributed by atoms with E-state index in [4.69, 9.17) is 39.5 Å². The molecule has 5 nitrogen and oxygen atoms in total. The first-order chi connectivity index (χ1) is 14.8. The Morgan fingerprint density at radius 1 is 1.06 bits per heavy atom. The van der Waals surface area contributed by atoms with Crippen LogP contribution in [0.25, 0.3) is 0 Å². The first-order valence-corrected chi connectivity index (χ1v) is 11.4. The Hall–Kier alpha value is -1.95. The molecule has 2 rings (SSSR count). The normalized spacial score (nSPS) is 11.6. The lowest BCUT2D eigenvalue weighted by Crippen LogP contribution is -2.50. The molecule has 0 heterocycles. The van der Waals surface area contributed by atoms with Gasteiger partial charge in [-0.1, -0.05) is 67.2 Å². The minimum Gasteiger partial charge on any atom is -0.484 e. The van der Waals surface area contributed by atoms with Gasteiger partial charge in [0.15, 0.2) is 6.61 Å². The van der Waals surface area contributed by atoms with Gasteiger partial charge in [0.2, 0.25) is 5.91 Å². The fourth-order valence-corrected chi connectivity index (χ4v) is 3.55. The van der Waals surface area contributed by atoms with Crippen LogP contribution in [0.5, 0.6) is 5.75 Å². The zero-order chi connectivity index (χ0) is 22.8. The van der Waals surface area contributed by atoms with Gasteiger partial charge in [-0.3, -0.25) is 9.59 Å². The number of hydrogen-bond donors (Lipinski definition) is 1. The van der Waals surface area contributed by atoms with Crippen LogP contribution in [0, 0.1) is 0 Å². The summed E-state index contributed by atoms with van der Waals surface area (Å²) in [5.74, 6) is -0.0218. The molecule has 0 aliphatic rings. The van der Waals surface area contributed by atoms with Crippen LogP contribution in [-0.2, 0) is 16.1 Å². The Morgan fingerprint density at radius 3 is 2.48 bits per heavy atom. The minimum absolute atomic E-state index is 0.188. The number of halogens is 3. The zero-order valence-corrected chi connectivity index (χ0v) is 19.9. The lowest BCUT2D eigenvalue weighted by Gasteiger charge is -2.30. The third kappa shape index (κ3) is 7.91. The molecule has 0 aliphatic carbocycles. The molecule has 1 atom stereocenters. The minimum atomic E-state index is -0.637. The van der Waals surface area contributed by atoms with Gasteiger partial charge in [-0.2, -0.15) is 0 Å². The lowest BCUT2D eigenvalue weighted by molar-refractivity contribution is -0.143. The molecule has 0 aromatic heterocycles. The van der Waals surface area contributed by atoms with Crippen molar-refractivity contribution in [2.24, 2.45) is 0 Å². The number of rotatable bonds is 11. The molecule has 168 valence electrons. The maximum atomic E-state index is 13.1. The number of carbonyl (C=O) groups excluding carboxylic acids is 2. The van der Waals surface area contributed by atoms with Gasteiger partial charge >= 0.3 is 0 Å². The third-order valence-corrected chi connectivity index (χ3v) is 5.68. The molecule has 0 saturated carbocycles. The molecule has 0 radical (unpaired) electrons. The quantitative estimate of drug-likeness (QED) is 0.412. The van der Waals surface area contributed by atoms with Crippen LogP contribution in [0.1, 0.15) is 38.7 Å². The second-order valence-electron chi connectivity index (χ2n) is 7.08. The smallest absolute Gasteiger partial charge is 0.261 e. The summed E-state index contributed by atoms with van der Waals surface area (Å²) in [5, 5.41) is 4.25. The first kappa shape index (κ1) is 25.3. The highest BCUT2D eigenvalue weighted by Crippen LogP contribution is 2.24. The molecule has 0 aliphatic heterocycles. The number of unbranched alkanes of at least 4 members (excludes halogenated alkanes) is 1. The van der Waals surface area contributed by atoms with Gasteiger partial charge < -0.3 is 15.0 Å². The van der Waals surface area contributed by atoms with Gasteiger partial charge in [0.05, 0.1) is 10.0 Å². The van der Waals surface area contributed by atoms with E-state index in [0.717, 1.165) is 18.4 Å². The van der Waals surface area contributed by atoms with Crippen molar-refractivity contribution in [3.63, 3.8) is 0 Å². The van der Waals surface area contributed by atoms with Crippen molar-refractivity contribution in [2.45, 2.75) is 45.7 Å². The molecular weight excluding hydrogens is 459 g/mol. The lowest BCUT2D eigenvalue weighted by atomic mass is 10.1. The number of nitrogens with zero attached hydrogens (tertiary/aromatic N) is 1. The molecule has 8 heteroatoms. The standard InChI is InChI=1S/C23H27Cl3N2O3/c1-3-5-11-27-23(30)21(4-2)28(14-16-9-10-19(25)20(26)12-16)22(29)15-31-18-8-6-7-17(24)13-18/h6-10,12-13,21H,3-5,11,14-15H2,1-2H3,(H,27,30)/t21-/m0/s1. The second kappa shape index (κ2) is 12.8. The molecular formula is C23H27Cl3N2O3. The summed E-state index contributed by atoms with van der Waals surface area (Å²) in [6.45, 7) is 4.47. The van der Waals surface area contributed by atoms with Gasteiger partial charge in [-0.15, -0.1) is 0 Å². The van der Waals surface area contributed by atoms with Crippen LogP contribution >= 0.6 is 34.8 Å². The Morgan fingerprint density at radius 2 is 1.84 bits per heavy atom. The molecule has 0 saturated heterocycles. The molecule has 1 N–H and O–H groups in total. The van der Waals surface area contributed by atoms with Gasteiger partial charge in [0.1, 0.15) is 11.8 Å². The average Bonchev–Trinajstić information content (AvgIpc) is 2.74. The number of ether oxygens (including phenoxy) is 1. The molecule has 2 amide bonds. The molecule has 0 fully saturated rings. The van der Waals surface area contributed by atoms with Crippen molar-refractivity contribution in [2.75, 3.05) is 13.2 Å². The third-order valence-electron chi connectivity index (χ3n) is 4.71. The van der Waals surface area contributed by atoms with Crippen LogP contribution in [-0.4, -0.2) is 35.9 Å². The Balaban J connectivity index is 2.20. The summed E-state index contributed by atoms with van der Waals surface area (Å²) in [5.41, 5.74) is 0.769. The van der Waals surface area contributed by atoms with E-state index < -0.39 is 6.04 Å². The van der Waals surface area contributed by atoms with Gasteiger partial charge in [0, 0.05) is 18.1 Å². The van der Waals surface area contributed by atoms with E-state index in [1.807, 2.05) is 6.92 Å². The van der Waals surface area contributed by atoms with Crippen LogP contribution in [0.3, 0.4) is 0 Å². The van der Waals surface area contributed by atoms with Crippen LogP contribution < -0.4 is 10.1 Å². The Bertz CT molecular complexity index is 892. The van der Waals surface area contributed by atoms with E-state index in [0.29, 0.717) is 33.8 Å². The predicted molar refractivity (Wildman–Crippen MR) is 126 cm³/mol. The summed E-state index contributed by atoms with van der Waals surface area (Å²) in [6.07, 6.45) is 2.31. The number of amides is 2. The fourth-order valence-electron chi connectivity index (χ4n) is 3.05. The van der Waals surface area contributed by atoms with E-state index in [1.165, 1.54) is 4.90 Å². The van der Waals surface area contributed by atoms with Crippen molar-refractivity contribution in [3.8, 4) is 5.75 Å². The maximum absolute atomic E-state index is 13.1. The number of nitrogens with one attached hydrogen (secondary N) is 1. The van der Waals surface area contributed by atoms with Gasteiger partial charge in [-0.05, 0) is 48.7 Å².